The average molecular weight is 556 g/mol. The zero-order valence-electron chi connectivity index (χ0n) is 24.0. The summed E-state index contributed by atoms with van der Waals surface area (Å²) in [6.07, 6.45) is 6.63. The summed E-state index contributed by atoms with van der Waals surface area (Å²) in [4.78, 5) is 28.5. The normalized spacial score (nSPS) is 14.0. The molecule has 4 heterocycles. The molecule has 0 spiro atoms. The number of morpholine rings is 1. The quantitative estimate of drug-likeness (QED) is 0.276. The Kier molecular flexibility index (Phi) is 8.55. The molecule has 214 valence electrons. The van der Waals surface area contributed by atoms with Gasteiger partial charge in [0.1, 0.15) is 18.0 Å². The van der Waals surface area contributed by atoms with E-state index in [4.69, 9.17) is 4.74 Å². The first-order valence-corrected chi connectivity index (χ1v) is 13.8. The molecule has 11 heteroatoms. The molecule has 1 aliphatic heterocycles. The summed E-state index contributed by atoms with van der Waals surface area (Å²) in [5.74, 6) is 1.89. The van der Waals surface area contributed by atoms with Crippen molar-refractivity contribution < 1.29 is 9.53 Å². The second-order valence-corrected chi connectivity index (χ2v) is 11.1. The zero-order chi connectivity index (χ0) is 28.8. The van der Waals surface area contributed by atoms with Crippen LogP contribution in [0.2, 0.25) is 0 Å². The number of amides is 1. The second-order valence-electron chi connectivity index (χ2n) is 11.1. The predicted molar refractivity (Wildman–Crippen MR) is 160 cm³/mol. The third-order valence-corrected chi connectivity index (χ3v) is 6.97. The van der Waals surface area contributed by atoms with E-state index in [1.54, 1.807) is 23.3 Å². The number of aromatic nitrogens is 5. The van der Waals surface area contributed by atoms with Gasteiger partial charge < -0.3 is 20.7 Å². The Hall–Kier alpha value is -4.35. The first-order chi connectivity index (χ1) is 19.8. The molecule has 4 aromatic rings. The van der Waals surface area contributed by atoms with Crippen LogP contribution in [0.25, 0.3) is 5.82 Å². The van der Waals surface area contributed by atoms with Crippen LogP contribution < -0.4 is 16.0 Å². The molecule has 1 fully saturated rings. The van der Waals surface area contributed by atoms with Crippen molar-refractivity contribution in [3.05, 3.63) is 78.0 Å². The van der Waals surface area contributed by atoms with Crippen molar-refractivity contribution >= 4 is 28.9 Å². The van der Waals surface area contributed by atoms with Crippen molar-refractivity contribution in [2.45, 2.75) is 33.1 Å². The van der Waals surface area contributed by atoms with Crippen molar-refractivity contribution in [3.8, 4) is 5.82 Å². The average Bonchev–Trinajstić information content (AvgIpc) is 3.43. The Morgan fingerprint density at radius 2 is 1.88 bits per heavy atom. The molecule has 1 saturated heterocycles. The number of pyridine rings is 1. The summed E-state index contributed by atoms with van der Waals surface area (Å²) in [5.41, 5.74) is 3.94. The summed E-state index contributed by atoms with van der Waals surface area (Å²) >= 11 is 0. The van der Waals surface area contributed by atoms with Gasteiger partial charge in [0.2, 0.25) is 0 Å². The molecule has 11 nitrogen and oxygen atoms in total. The van der Waals surface area contributed by atoms with Crippen LogP contribution in [0.4, 0.5) is 23.0 Å². The van der Waals surface area contributed by atoms with Crippen molar-refractivity contribution in [3.63, 3.8) is 0 Å². The minimum Gasteiger partial charge on any atom is -0.379 e. The minimum absolute atomic E-state index is 0.101. The van der Waals surface area contributed by atoms with Gasteiger partial charge in [-0.1, -0.05) is 26.8 Å². The van der Waals surface area contributed by atoms with E-state index in [0.29, 0.717) is 17.1 Å². The van der Waals surface area contributed by atoms with Gasteiger partial charge in [0.15, 0.2) is 5.82 Å². The predicted octanol–water partition coefficient (Wildman–Crippen LogP) is 4.40. The van der Waals surface area contributed by atoms with Crippen LogP contribution in [0, 0.1) is 6.92 Å². The standard InChI is InChI=1S/C30H37N9O2/c1-21-5-6-24(36-29(40)22-15-23(19-31-18-22)30(2,3)4)16-25(21)37-27-7-8-35-39(27)28-17-26(33-20-34-28)32-9-10-38-11-13-41-14-12-38/h5-8,15-20,37H,9-14H2,1-4H3,(H,36,40)(H,32,33,34). The van der Waals surface area contributed by atoms with Gasteiger partial charge in [-0.3, -0.25) is 14.7 Å². The van der Waals surface area contributed by atoms with Gasteiger partial charge in [-0.2, -0.15) is 9.78 Å². The fourth-order valence-corrected chi connectivity index (χ4v) is 4.46. The van der Waals surface area contributed by atoms with E-state index in [1.165, 1.54) is 6.33 Å². The first-order valence-electron chi connectivity index (χ1n) is 13.8. The SMILES string of the molecule is Cc1ccc(NC(=O)c2cncc(C(C)(C)C)c2)cc1Nc1ccnn1-c1cc(NCCN2CCOCC2)ncn1. The van der Waals surface area contributed by atoms with Gasteiger partial charge in [0, 0.05) is 62.1 Å². The van der Waals surface area contributed by atoms with Crippen LogP contribution >= 0.6 is 0 Å². The van der Waals surface area contributed by atoms with Crippen LogP contribution in [0.15, 0.2) is 61.3 Å². The first kappa shape index (κ1) is 28.2. The Labute approximate surface area is 240 Å². The lowest BCUT2D eigenvalue weighted by Crippen LogP contribution is -2.39. The lowest BCUT2D eigenvalue weighted by atomic mass is 9.87. The second kappa shape index (κ2) is 12.4. The Balaban J connectivity index is 1.27. The number of benzene rings is 1. The smallest absolute Gasteiger partial charge is 0.257 e. The van der Waals surface area contributed by atoms with Crippen molar-refractivity contribution in [2.24, 2.45) is 0 Å². The number of hydrogen-bond donors (Lipinski definition) is 3. The molecule has 1 aliphatic rings. The van der Waals surface area contributed by atoms with Crippen LogP contribution in [0.1, 0.15) is 42.3 Å². The minimum atomic E-state index is -0.210. The maximum Gasteiger partial charge on any atom is 0.257 e. The highest BCUT2D eigenvalue weighted by atomic mass is 16.5. The van der Waals surface area contributed by atoms with Crippen molar-refractivity contribution in [2.75, 3.05) is 55.3 Å². The lowest BCUT2D eigenvalue weighted by molar-refractivity contribution is 0.0398. The fraction of sp³-hybridized carbons (Fsp3) is 0.367. The zero-order valence-corrected chi connectivity index (χ0v) is 24.0. The van der Waals surface area contributed by atoms with E-state index >= 15 is 0 Å². The van der Waals surface area contributed by atoms with Crippen LogP contribution in [-0.2, 0) is 10.2 Å². The third-order valence-electron chi connectivity index (χ3n) is 6.97. The molecule has 41 heavy (non-hydrogen) atoms. The molecule has 0 atom stereocenters. The molecule has 5 rings (SSSR count). The fourth-order valence-electron chi connectivity index (χ4n) is 4.46. The van der Waals surface area contributed by atoms with Crippen LogP contribution in [0.3, 0.4) is 0 Å². The number of carbonyl (C=O) groups is 1. The van der Waals surface area contributed by atoms with Crippen molar-refractivity contribution in [1.82, 2.24) is 29.6 Å². The van der Waals surface area contributed by atoms with Crippen LogP contribution in [0.5, 0.6) is 0 Å². The van der Waals surface area contributed by atoms with Gasteiger partial charge in [-0.05, 0) is 41.7 Å². The molecule has 1 aromatic carbocycles. The number of ether oxygens (including phenoxy) is 1. The number of nitrogens with one attached hydrogen (secondary N) is 3. The number of hydrogen-bond acceptors (Lipinski definition) is 9. The van der Waals surface area contributed by atoms with E-state index in [9.17, 15) is 4.79 Å². The maximum atomic E-state index is 13.0. The topological polar surface area (TPSA) is 122 Å². The third kappa shape index (κ3) is 7.24. The van der Waals surface area contributed by atoms with Gasteiger partial charge in [0.05, 0.1) is 25.0 Å². The highest BCUT2D eigenvalue weighted by Crippen LogP contribution is 2.27. The molecule has 3 aromatic heterocycles. The lowest BCUT2D eigenvalue weighted by Gasteiger charge is -2.26. The summed E-state index contributed by atoms with van der Waals surface area (Å²) < 4.78 is 7.14. The van der Waals surface area contributed by atoms with Gasteiger partial charge >= 0.3 is 0 Å². The maximum absolute atomic E-state index is 13.0. The Bertz CT molecular complexity index is 1490. The Morgan fingerprint density at radius 3 is 2.68 bits per heavy atom. The number of aryl methyl sites for hydroxylation is 1. The van der Waals surface area contributed by atoms with Gasteiger partial charge in [-0.15, -0.1) is 0 Å². The van der Waals surface area contributed by atoms with Crippen LogP contribution in [-0.4, -0.2) is 74.9 Å². The van der Waals surface area contributed by atoms with E-state index in [-0.39, 0.29) is 11.3 Å². The largest absolute Gasteiger partial charge is 0.379 e. The number of carbonyl (C=O) groups excluding carboxylic acids is 1. The molecule has 3 N–H and O–H groups in total. The van der Waals surface area contributed by atoms with Gasteiger partial charge in [0.25, 0.3) is 5.91 Å². The van der Waals surface area contributed by atoms with E-state index in [1.807, 2.05) is 43.3 Å². The number of anilines is 4. The molecular weight excluding hydrogens is 518 g/mol. The van der Waals surface area contributed by atoms with E-state index in [0.717, 1.165) is 67.8 Å². The molecular formula is C30H37N9O2. The molecule has 0 saturated carbocycles. The summed E-state index contributed by atoms with van der Waals surface area (Å²) in [6.45, 7) is 13.5. The summed E-state index contributed by atoms with van der Waals surface area (Å²) in [6, 6.07) is 11.4. The molecule has 0 aliphatic carbocycles. The highest BCUT2D eigenvalue weighted by Gasteiger charge is 2.17. The van der Waals surface area contributed by atoms with E-state index in [2.05, 4.69) is 61.7 Å². The molecule has 0 bridgehead atoms. The molecule has 0 radical (unpaired) electrons. The molecule has 1 amide bonds. The summed E-state index contributed by atoms with van der Waals surface area (Å²) in [7, 11) is 0. The number of rotatable bonds is 9. The van der Waals surface area contributed by atoms with Gasteiger partial charge in [-0.25, -0.2) is 9.97 Å². The Morgan fingerprint density at radius 1 is 1.05 bits per heavy atom. The van der Waals surface area contributed by atoms with E-state index < -0.39 is 0 Å². The highest BCUT2D eigenvalue weighted by molar-refractivity contribution is 6.04. The number of nitrogens with zero attached hydrogens (tertiary/aromatic N) is 6. The van der Waals surface area contributed by atoms with Crippen molar-refractivity contribution in [1.29, 1.82) is 0 Å². The monoisotopic (exact) mass is 555 g/mol. The molecule has 0 unspecified atom stereocenters. The summed E-state index contributed by atoms with van der Waals surface area (Å²) in [5, 5.41) is 14.3.